The van der Waals surface area contributed by atoms with E-state index in [0.29, 0.717) is 0 Å². The minimum Gasteiger partial charge on any atom is -0.477 e. The van der Waals surface area contributed by atoms with Gasteiger partial charge >= 0.3 is 5.97 Å². The molecule has 8 heterocycles. The smallest absolute Gasteiger partial charge is 0.364 e. The van der Waals surface area contributed by atoms with Gasteiger partial charge in [0, 0.05) is 41.0 Å². The van der Waals surface area contributed by atoms with Gasteiger partial charge in [0.05, 0.1) is 84.3 Å². The monoisotopic (exact) mass is 1770 g/mol. The first-order valence-electron chi connectivity index (χ1n) is 38.2. The minimum absolute atomic E-state index is 0.825. The third-order valence-corrected chi connectivity index (χ3v) is 21.4. The van der Waals surface area contributed by atoms with Gasteiger partial charge in [0.25, 0.3) is 5.79 Å². The fourth-order valence-electron chi connectivity index (χ4n) is 15.1. The Kier molecular flexibility index (Phi) is 37.5. The second kappa shape index (κ2) is 44.7. The standard InChI is InChI=1S/C67H113N5O49/c1-17(82)68-22(7-73)37(90)51(25(89)9-75)114-60-35(71-20(4)85)45(98)52(30(14-80)111-60)115-62-49(102)55(43(96)32(113-62)16-106-64-57(47(100)40(93)27(11-77)109-64)118-59-34(70-19(3)84)44(97)39(92)26(10-76)107-59)117-65-58(48(101)41(94)28(12-78)110-65)119-61-36(72-21(5)86)46(99)53(31(15-81)112-61)116-63-50(103)56(42(95)29(13-79)108-63)121-67(66(104)105)6-23(87)33(69-18(2)83)54(120-67)38(91)24(88)8-74/h22-65,73-81,87-103H,6-16H2,1-5H3,(H,68,82)(H,69,83)(H,70,84)(H,71,85)(H,72,86)(H,104,105)/t22-,23-,24+,25+,26+,27+,28+,29+,30+,31+,32+,33+,34+,35+,36+,37+,38+,39+,40+,41+,42-,43+,44+,45+,46+,47-,48-,49-,50+,51+,52+,53+,54+,55-,56-,57-,58-,59-,60-,61-,62-,63-,64-,65+,67-/m0/s1. The molecule has 0 saturated carbocycles. The van der Waals surface area contributed by atoms with Crippen LogP contribution in [0.25, 0.3) is 0 Å². The number of aliphatic hydroxyl groups excluding tert-OH is 26. The van der Waals surface area contributed by atoms with Crippen molar-refractivity contribution in [3.8, 4) is 0 Å². The largest absolute Gasteiger partial charge is 0.477 e. The molecule has 54 nitrogen and oxygen atoms in total. The Balaban J connectivity index is 1.14. The molecule has 121 heavy (non-hydrogen) atoms. The molecular weight excluding hydrogens is 1660 g/mol. The van der Waals surface area contributed by atoms with Crippen LogP contribution in [-0.2, 0) is 105 Å². The molecule has 0 spiro atoms. The van der Waals surface area contributed by atoms with Crippen molar-refractivity contribution in [2.24, 2.45) is 0 Å². The van der Waals surface area contributed by atoms with Gasteiger partial charge in [-0.15, -0.1) is 0 Å². The van der Waals surface area contributed by atoms with E-state index in [2.05, 4.69) is 26.6 Å². The van der Waals surface area contributed by atoms with E-state index in [1.165, 1.54) is 0 Å². The van der Waals surface area contributed by atoms with Crippen LogP contribution in [0.15, 0.2) is 0 Å². The van der Waals surface area contributed by atoms with Crippen molar-refractivity contribution in [3.63, 3.8) is 0 Å². The zero-order valence-corrected chi connectivity index (χ0v) is 65.2. The van der Waals surface area contributed by atoms with Crippen LogP contribution in [-0.4, -0.2) is 515 Å². The molecule has 45 atom stereocenters. The number of carboxylic acid groups (broad SMARTS) is 1. The number of carboxylic acids is 1. The minimum atomic E-state index is -3.32. The quantitative estimate of drug-likeness (QED) is 0.0275. The Hall–Kier alpha value is -4.86. The van der Waals surface area contributed by atoms with E-state index < -0.39 is 383 Å². The summed E-state index contributed by atoms with van der Waals surface area (Å²) in [6, 6.07) is -9.32. The first-order valence-corrected chi connectivity index (χ1v) is 38.2. The normalized spacial score (nSPS) is 43.9. The molecule has 8 aliphatic rings. The van der Waals surface area contributed by atoms with Crippen LogP contribution in [0.5, 0.6) is 0 Å². The SMILES string of the molecule is CC(=O)N[C@H]1[C@H](O[C@@H]([C@H](O)[C@H](CO)NC(C)=O)[C@H](O)CO)O[C@H](CO)[C@@H](O[C@@H]2O[C@H](CO[C@H]3O[C@H](CO)[C@@H](O)[C@H](O)[C@@H]3O[C@@H]3O[C@H](CO)[C@@H](O)[C@H](O)[C@H]3NC(C)=O)[C@@H](O)[C@H](O[C@H]3O[C@H](CO)[C@@H](O)[C@H](O)[C@@H]3O[C@@H]3O[C@H](CO)[C@@H](O[C@@H]4O[C@H](CO)[C@H](O)[C@H](O[C@]5(C(=O)O)C[C@H](O)[C@@H](NC(C)=O)[C@H]([C@H](O)[C@H](O)CO)O5)[C@H]4O)[C@H](O)[C@H]3NC(C)=O)[C@@H]2O)[C@@H]1O. The first-order chi connectivity index (χ1) is 57.0. The average molecular weight is 1770 g/mol. The number of aliphatic carboxylic acids is 1. The molecule has 8 rings (SSSR count). The lowest BCUT2D eigenvalue weighted by molar-refractivity contribution is -0.400. The molecule has 8 saturated heterocycles. The summed E-state index contributed by atoms with van der Waals surface area (Å²) in [6.45, 7) is -7.17. The molecule has 0 radical (unpaired) electrons. The molecule has 5 amide bonds. The highest BCUT2D eigenvalue weighted by atomic mass is 16.8. The molecule has 54 heteroatoms. The highest BCUT2D eigenvalue weighted by Gasteiger charge is 2.63. The number of rotatable bonds is 37. The Morgan fingerprint density at radius 1 is 0.372 bits per heavy atom. The van der Waals surface area contributed by atoms with Crippen molar-refractivity contribution in [2.45, 2.75) is 316 Å². The van der Waals surface area contributed by atoms with E-state index in [1.807, 2.05) is 0 Å². The molecule has 0 aromatic heterocycles. The zero-order valence-electron chi connectivity index (χ0n) is 65.2. The summed E-state index contributed by atoms with van der Waals surface area (Å²) < 4.78 is 95.0. The Labute approximate surface area is 685 Å². The molecule has 0 aromatic rings. The lowest BCUT2D eigenvalue weighted by Gasteiger charge is -2.51. The van der Waals surface area contributed by atoms with Gasteiger partial charge in [-0.05, 0) is 0 Å². The highest BCUT2D eigenvalue weighted by Crippen LogP contribution is 2.42. The van der Waals surface area contributed by atoms with Crippen LogP contribution in [0.2, 0.25) is 0 Å². The van der Waals surface area contributed by atoms with Gasteiger partial charge in [0.1, 0.15) is 207 Å². The van der Waals surface area contributed by atoms with Gasteiger partial charge in [0.2, 0.25) is 29.5 Å². The Morgan fingerprint density at radius 2 is 0.744 bits per heavy atom. The number of aliphatic hydroxyl groups is 26. The lowest BCUT2D eigenvalue weighted by Crippen LogP contribution is -2.71. The predicted molar refractivity (Wildman–Crippen MR) is 374 cm³/mol. The number of hydrogen-bond donors (Lipinski definition) is 32. The van der Waals surface area contributed by atoms with E-state index in [1.54, 1.807) is 0 Å². The van der Waals surface area contributed by atoms with E-state index in [-0.39, 0.29) is 0 Å². The van der Waals surface area contributed by atoms with E-state index in [9.17, 15) is 167 Å². The van der Waals surface area contributed by atoms with Crippen molar-refractivity contribution in [3.05, 3.63) is 0 Å². The van der Waals surface area contributed by atoms with Crippen molar-refractivity contribution in [1.82, 2.24) is 26.6 Å². The van der Waals surface area contributed by atoms with Gasteiger partial charge in [0.15, 0.2) is 44.0 Å². The van der Waals surface area contributed by atoms with E-state index >= 15 is 0 Å². The summed E-state index contributed by atoms with van der Waals surface area (Å²) in [6.07, 6.45) is -88.0. The molecule has 32 N–H and O–H groups in total. The topological polar surface area (TPSA) is 856 Å². The molecule has 0 unspecified atom stereocenters. The maximum atomic E-state index is 13.3. The van der Waals surface area contributed by atoms with Crippen molar-refractivity contribution < 1.29 is 242 Å². The average Bonchev–Trinajstić information content (AvgIpc) is 0.729. The van der Waals surface area contributed by atoms with Crippen molar-refractivity contribution in [2.75, 3.05) is 66.1 Å². The van der Waals surface area contributed by atoms with Crippen molar-refractivity contribution in [1.29, 1.82) is 0 Å². The first kappa shape index (κ1) is 102. The number of carbonyl (C=O) groups excluding carboxylic acids is 5. The van der Waals surface area contributed by atoms with Crippen LogP contribution >= 0.6 is 0 Å². The number of nitrogens with one attached hydrogen (secondary N) is 5. The van der Waals surface area contributed by atoms with Gasteiger partial charge in [-0.25, -0.2) is 4.79 Å². The zero-order chi connectivity index (χ0) is 90.0. The fourth-order valence-corrected chi connectivity index (χ4v) is 15.1. The Bertz CT molecular complexity index is 3290. The highest BCUT2D eigenvalue weighted by molar-refractivity contribution is 5.77. The lowest BCUT2D eigenvalue weighted by atomic mass is 9.88. The summed E-state index contributed by atoms with van der Waals surface area (Å²) in [5, 5.41) is 312. The summed E-state index contributed by atoms with van der Waals surface area (Å²) in [7, 11) is 0. The molecule has 0 aromatic carbocycles. The number of carbonyl (C=O) groups is 6. The molecule has 700 valence electrons. The van der Waals surface area contributed by atoms with Crippen LogP contribution in [0.4, 0.5) is 0 Å². The van der Waals surface area contributed by atoms with E-state index in [0.717, 1.165) is 34.6 Å². The summed E-state index contributed by atoms with van der Waals surface area (Å²) in [5.74, 6) is -10.1. The maximum absolute atomic E-state index is 13.3. The number of ether oxygens (including phenoxy) is 16. The van der Waals surface area contributed by atoms with Gasteiger partial charge in [-0.1, -0.05) is 0 Å². The molecule has 8 fully saturated rings. The Morgan fingerprint density at radius 3 is 1.20 bits per heavy atom. The second-order valence-electron chi connectivity index (χ2n) is 30.1. The van der Waals surface area contributed by atoms with E-state index in [4.69, 9.17) is 75.8 Å². The fraction of sp³-hybridized carbons (Fsp3) is 0.910. The molecular formula is C67H113N5O49. The number of hydrogen-bond acceptors (Lipinski definition) is 48. The molecule has 0 bridgehead atoms. The van der Waals surface area contributed by atoms with Crippen molar-refractivity contribution >= 4 is 35.5 Å². The predicted octanol–water partition coefficient (Wildman–Crippen LogP) is -21.1. The van der Waals surface area contributed by atoms with Crippen LogP contribution in [0.3, 0.4) is 0 Å². The third-order valence-electron chi connectivity index (χ3n) is 21.4. The summed E-state index contributed by atoms with van der Waals surface area (Å²) in [4.78, 5) is 76.2. The molecule has 8 aliphatic heterocycles. The maximum Gasteiger partial charge on any atom is 0.364 e. The van der Waals surface area contributed by atoms with Gasteiger partial charge in [-0.2, -0.15) is 0 Å². The van der Waals surface area contributed by atoms with Crippen LogP contribution in [0, 0.1) is 0 Å². The number of amides is 5. The van der Waals surface area contributed by atoms with Gasteiger partial charge in [-0.3, -0.25) is 24.0 Å². The third kappa shape index (κ3) is 23.4. The molecule has 0 aliphatic carbocycles. The van der Waals surface area contributed by atoms with Crippen LogP contribution in [0.1, 0.15) is 41.0 Å². The van der Waals surface area contributed by atoms with Gasteiger partial charge < -0.3 is 240 Å². The van der Waals surface area contributed by atoms with Crippen LogP contribution < -0.4 is 26.6 Å². The summed E-state index contributed by atoms with van der Waals surface area (Å²) >= 11 is 0. The summed E-state index contributed by atoms with van der Waals surface area (Å²) in [5.41, 5.74) is 0. The second-order valence-corrected chi connectivity index (χ2v) is 30.1.